The zero-order chi connectivity index (χ0) is 27.9. The smallest absolute Gasteiger partial charge is 0.120 e. The van der Waals surface area contributed by atoms with E-state index in [1.807, 2.05) is 0 Å². The van der Waals surface area contributed by atoms with Crippen LogP contribution >= 0.6 is 197 Å². The summed E-state index contributed by atoms with van der Waals surface area (Å²) in [6.07, 6.45) is 1.49. The molecule has 0 saturated heterocycles. The minimum absolute atomic E-state index is 0.811. The summed E-state index contributed by atoms with van der Waals surface area (Å²) in [7, 11) is 0. The van der Waals surface area contributed by atoms with Crippen LogP contribution in [0.3, 0.4) is 0 Å². The molecule has 0 aromatic carbocycles. The van der Waals surface area contributed by atoms with E-state index in [2.05, 4.69) is 6.58 Å². The maximum Gasteiger partial charge on any atom is 0.124 e. The van der Waals surface area contributed by atoms with E-state index in [4.69, 9.17) is 197 Å². The lowest BCUT2D eigenvalue weighted by molar-refractivity contribution is 0.0994. The minimum Gasteiger partial charge on any atom is -0.120 e. The van der Waals surface area contributed by atoms with Crippen molar-refractivity contribution < 1.29 is 0 Å². The molecule has 35 heavy (non-hydrogen) atoms. The lowest BCUT2D eigenvalue weighted by Crippen LogP contribution is -2.51. The Balaban J connectivity index is 7.31. The van der Waals surface area contributed by atoms with Crippen LogP contribution in [-0.4, -0.2) is 44.1 Å². The van der Waals surface area contributed by atoms with Gasteiger partial charge in [0.05, 0.1) is 5.38 Å². The molecule has 0 fully saturated rings. The van der Waals surface area contributed by atoms with Crippen LogP contribution in [0.4, 0.5) is 0 Å². The van der Waals surface area contributed by atoms with Crippen LogP contribution in [0.25, 0.3) is 0 Å². The Kier molecular flexibility index (Phi) is 21.6. The number of alkyl halides is 17. The van der Waals surface area contributed by atoms with Gasteiger partial charge >= 0.3 is 0 Å². The molecule has 0 radical (unpaired) electrons. The number of allylic oxidation sites excluding steroid dienone is 1. The number of halogens is 17. The molecule has 6 atom stereocenters. The molecule has 0 aliphatic carbocycles. The molecule has 6 unspecified atom stereocenters. The van der Waals surface area contributed by atoms with Gasteiger partial charge in [-0.1, -0.05) is 6.08 Å². The van der Waals surface area contributed by atoms with Crippen molar-refractivity contribution in [3.63, 3.8) is 0 Å². The Morgan fingerprint density at radius 3 is 0.800 bits per heavy atom. The van der Waals surface area contributed by atoms with Crippen molar-refractivity contribution in [2.24, 2.45) is 41.4 Å². The van der Waals surface area contributed by atoms with Gasteiger partial charge in [0.1, 0.15) is 38.7 Å². The topological polar surface area (TPSA) is 0 Å². The molecule has 0 aromatic rings. The summed E-state index contributed by atoms with van der Waals surface area (Å²) >= 11 is 108. The van der Waals surface area contributed by atoms with Crippen molar-refractivity contribution in [2.45, 2.75) is 44.1 Å². The van der Waals surface area contributed by atoms with Crippen LogP contribution in [0.15, 0.2) is 12.7 Å². The highest BCUT2D eigenvalue weighted by molar-refractivity contribution is 6.51. The average Bonchev–Trinajstić information content (AvgIpc) is 2.67. The largest absolute Gasteiger partial charge is 0.124 e. The lowest BCUT2D eigenvalue weighted by Gasteiger charge is -2.48. The summed E-state index contributed by atoms with van der Waals surface area (Å²) in [5.74, 6) is -6.36. The quantitative estimate of drug-likeness (QED) is 0.107. The minimum atomic E-state index is -1.20. The third-order valence-corrected chi connectivity index (χ3v) is 11.0. The summed E-state index contributed by atoms with van der Waals surface area (Å²) in [6.45, 7) is 3.89. The standard InChI is InChI=1S/C18H19Cl17/c1-2-3(5(12(22)23)8(14(26)27)15(28)29)4(11(20)21)6(9(16(30)31)17(32)33)7(13(24)25)10(19)18(34)35/h2-18H,1H2. The van der Waals surface area contributed by atoms with Gasteiger partial charge in [0.2, 0.25) is 0 Å². The first kappa shape index (κ1) is 39.7. The summed E-state index contributed by atoms with van der Waals surface area (Å²) in [6, 6.07) is 0. The van der Waals surface area contributed by atoms with E-state index in [1.54, 1.807) is 0 Å². The van der Waals surface area contributed by atoms with Crippen LogP contribution in [0.2, 0.25) is 0 Å². The van der Waals surface area contributed by atoms with Gasteiger partial charge in [0.25, 0.3) is 0 Å². The molecule has 0 heterocycles. The Hall–Kier alpha value is 4.67. The Labute approximate surface area is 291 Å². The lowest BCUT2D eigenvalue weighted by atomic mass is 9.65. The van der Waals surface area contributed by atoms with E-state index in [1.165, 1.54) is 6.08 Å². The SMILES string of the molecule is C=CC(C(C(Cl)Cl)C(C(Cl)Cl)C(Cl)Cl)C(C(Cl)Cl)C(C(C(Cl)Cl)C(Cl)Cl)C(C(Cl)Cl)C(Cl)C(Cl)Cl. The normalized spacial score (nSPS) is 18.7. The van der Waals surface area contributed by atoms with Crippen molar-refractivity contribution in [1.29, 1.82) is 0 Å². The molecule has 210 valence electrons. The van der Waals surface area contributed by atoms with Gasteiger partial charge in [0.15, 0.2) is 0 Å². The summed E-state index contributed by atoms with van der Waals surface area (Å²) in [4.78, 5) is -9.24. The first-order chi connectivity index (χ1) is 15.9. The van der Waals surface area contributed by atoms with E-state index in [-0.39, 0.29) is 0 Å². The average molecular weight is 838 g/mol. The van der Waals surface area contributed by atoms with Crippen molar-refractivity contribution in [3.8, 4) is 0 Å². The highest BCUT2D eigenvalue weighted by atomic mass is 35.6. The molecule has 0 spiro atoms. The number of hydrogen-bond donors (Lipinski definition) is 0. The number of hydrogen-bond acceptors (Lipinski definition) is 0. The van der Waals surface area contributed by atoms with Gasteiger partial charge in [0, 0.05) is 23.7 Å². The van der Waals surface area contributed by atoms with Crippen LogP contribution in [0.5, 0.6) is 0 Å². The van der Waals surface area contributed by atoms with E-state index >= 15 is 0 Å². The molecule has 0 rings (SSSR count). The zero-order valence-corrected chi connectivity index (χ0v) is 29.8. The molecule has 0 bridgehead atoms. The van der Waals surface area contributed by atoms with Crippen molar-refractivity contribution in [2.75, 3.05) is 0 Å². The van der Waals surface area contributed by atoms with Crippen molar-refractivity contribution in [1.82, 2.24) is 0 Å². The maximum atomic E-state index is 6.57. The fourth-order valence-electron chi connectivity index (χ4n) is 4.10. The van der Waals surface area contributed by atoms with Crippen molar-refractivity contribution >= 4 is 197 Å². The van der Waals surface area contributed by atoms with Gasteiger partial charge < -0.3 is 0 Å². The third-order valence-electron chi connectivity index (χ3n) is 5.58. The van der Waals surface area contributed by atoms with E-state index < -0.39 is 85.5 Å². The van der Waals surface area contributed by atoms with Crippen molar-refractivity contribution in [3.05, 3.63) is 12.7 Å². The molecule has 0 nitrogen and oxygen atoms in total. The fourth-order valence-corrected chi connectivity index (χ4v) is 10.0. The third kappa shape index (κ3) is 11.7. The molecule has 0 aliphatic heterocycles. The van der Waals surface area contributed by atoms with E-state index in [0.717, 1.165) is 0 Å². The van der Waals surface area contributed by atoms with Crippen LogP contribution in [-0.2, 0) is 0 Å². The molecule has 0 amide bonds. The van der Waals surface area contributed by atoms with Gasteiger partial charge in [-0.15, -0.1) is 204 Å². The van der Waals surface area contributed by atoms with Gasteiger partial charge in [-0.05, 0) is 17.8 Å². The predicted octanol–water partition coefficient (Wildman–Crippen LogP) is 12.5. The second-order valence-electron chi connectivity index (χ2n) is 7.40. The first-order valence-electron chi connectivity index (χ1n) is 9.45. The predicted molar refractivity (Wildman–Crippen MR) is 168 cm³/mol. The van der Waals surface area contributed by atoms with E-state index in [9.17, 15) is 0 Å². The van der Waals surface area contributed by atoms with Gasteiger partial charge in [-0.2, -0.15) is 0 Å². The summed E-state index contributed by atoms with van der Waals surface area (Å²) in [5, 5.41) is -1.07. The first-order valence-corrected chi connectivity index (χ1v) is 16.9. The molecular formula is C18H19Cl17. The fraction of sp³-hybridized carbons (Fsp3) is 0.889. The van der Waals surface area contributed by atoms with Crippen LogP contribution in [0.1, 0.15) is 0 Å². The Morgan fingerprint density at radius 1 is 0.314 bits per heavy atom. The van der Waals surface area contributed by atoms with Gasteiger partial charge in [-0.3, -0.25) is 0 Å². The monoisotopic (exact) mass is 830 g/mol. The Morgan fingerprint density at radius 2 is 0.571 bits per heavy atom. The second kappa shape index (κ2) is 19.1. The van der Waals surface area contributed by atoms with Crippen LogP contribution in [0, 0.1) is 41.4 Å². The molecule has 0 saturated carbocycles. The number of rotatable bonds is 16. The highest BCUT2D eigenvalue weighted by Crippen LogP contribution is 2.54. The van der Waals surface area contributed by atoms with E-state index in [0.29, 0.717) is 0 Å². The maximum absolute atomic E-state index is 6.57. The zero-order valence-electron chi connectivity index (χ0n) is 16.9. The Bertz CT molecular complexity index is 580. The van der Waals surface area contributed by atoms with Gasteiger partial charge in [-0.25, -0.2) is 0 Å². The summed E-state index contributed by atoms with van der Waals surface area (Å²) in [5.41, 5.74) is 0. The molecule has 0 aromatic heterocycles. The second-order valence-corrected chi connectivity index (χ2v) is 17.2. The summed E-state index contributed by atoms with van der Waals surface area (Å²) < 4.78 is 0. The molecule has 0 N–H and O–H groups in total. The molecule has 0 aliphatic rings. The molecule has 17 heteroatoms. The molecular weight excluding hydrogens is 819 g/mol. The highest BCUT2D eigenvalue weighted by Gasteiger charge is 2.54. The van der Waals surface area contributed by atoms with Crippen LogP contribution < -0.4 is 0 Å².